The second-order valence-corrected chi connectivity index (χ2v) is 9.19. The van der Waals surface area contributed by atoms with E-state index in [0.717, 1.165) is 36.1 Å². The van der Waals surface area contributed by atoms with Crippen LogP contribution in [-0.2, 0) is 22.7 Å². The number of hydrogen-bond acceptors (Lipinski definition) is 5. The highest BCUT2D eigenvalue weighted by Crippen LogP contribution is 2.15. The van der Waals surface area contributed by atoms with Gasteiger partial charge in [0.1, 0.15) is 5.75 Å². The number of pyridine rings is 1. The van der Waals surface area contributed by atoms with E-state index in [-0.39, 0.29) is 10.7 Å². The summed E-state index contributed by atoms with van der Waals surface area (Å²) in [5.74, 6) is 0.562. The van der Waals surface area contributed by atoms with Gasteiger partial charge in [-0.2, -0.15) is 0 Å². The summed E-state index contributed by atoms with van der Waals surface area (Å²) in [6.07, 6.45) is 7.94. The maximum Gasteiger partial charge on any atom is 0.185 e. The average molecular weight is 436 g/mol. The van der Waals surface area contributed by atoms with Crippen LogP contribution in [0.5, 0.6) is 5.75 Å². The largest absolute Gasteiger partial charge is 0.493 e. The molecule has 0 aliphatic heterocycles. The van der Waals surface area contributed by atoms with Gasteiger partial charge in [-0.3, -0.25) is 9.78 Å². The number of benzene rings is 2. The third-order valence-electron chi connectivity index (χ3n) is 4.80. The number of hydrogen-bond donors (Lipinski definition) is 0. The molecular formula is C25H25NO4S. The second-order valence-electron chi connectivity index (χ2n) is 7.17. The first-order valence-corrected chi connectivity index (χ1v) is 11.9. The Kier molecular flexibility index (Phi) is 7.36. The molecule has 0 aliphatic carbocycles. The van der Waals surface area contributed by atoms with Gasteiger partial charge in [-0.25, -0.2) is 8.42 Å². The Hall–Kier alpha value is -3.25. The van der Waals surface area contributed by atoms with Crippen molar-refractivity contribution in [1.82, 2.24) is 4.98 Å². The molecule has 0 saturated carbocycles. The van der Waals surface area contributed by atoms with Gasteiger partial charge in [-0.05, 0) is 66.1 Å². The molecule has 3 aromatic rings. The van der Waals surface area contributed by atoms with Gasteiger partial charge < -0.3 is 4.74 Å². The maximum absolute atomic E-state index is 12.3. The fourth-order valence-corrected chi connectivity index (χ4v) is 3.53. The minimum Gasteiger partial charge on any atom is -0.493 e. The van der Waals surface area contributed by atoms with Crippen molar-refractivity contribution in [3.8, 4) is 5.75 Å². The van der Waals surface area contributed by atoms with Crippen molar-refractivity contribution >= 4 is 21.7 Å². The fraction of sp³-hybridized carbons (Fsp3) is 0.200. The lowest BCUT2D eigenvalue weighted by Gasteiger charge is -2.06. The van der Waals surface area contributed by atoms with Crippen molar-refractivity contribution in [2.75, 3.05) is 12.9 Å². The van der Waals surface area contributed by atoms with E-state index < -0.39 is 9.84 Å². The van der Waals surface area contributed by atoms with Gasteiger partial charge in [0, 0.05) is 30.1 Å². The zero-order valence-corrected chi connectivity index (χ0v) is 18.4. The van der Waals surface area contributed by atoms with Crippen LogP contribution in [0.1, 0.15) is 34.1 Å². The molecule has 6 heteroatoms. The molecule has 1 heterocycles. The van der Waals surface area contributed by atoms with Gasteiger partial charge in [0.05, 0.1) is 11.5 Å². The van der Waals surface area contributed by atoms with Crippen LogP contribution in [0.2, 0.25) is 0 Å². The van der Waals surface area contributed by atoms with E-state index in [1.165, 1.54) is 35.9 Å². The highest BCUT2D eigenvalue weighted by molar-refractivity contribution is 7.90. The Labute approximate surface area is 183 Å². The highest BCUT2D eigenvalue weighted by atomic mass is 32.2. The third kappa shape index (κ3) is 6.62. The van der Waals surface area contributed by atoms with Crippen molar-refractivity contribution in [3.05, 3.63) is 95.3 Å². The van der Waals surface area contributed by atoms with Crippen LogP contribution in [0.15, 0.2) is 77.8 Å². The summed E-state index contributed by atoms with van der Waals surface area (Å²) in [6, 6.07) is 17.5. The van der Waals surface area contributed by atoms with Gasteiger partial charge >= 0.3 is 0 Å². The first-order valence-electron chi connectivity index (χ1n) is 10.0. The number of nitrogens with zero attached hydrogens (tertiary/aromatic N) is 1. The molecule has 0 saturated heterocycles. The molecule has 0 atom stereocenters. The maximum atomic E-state index is 12.3. The van der Waals surface area contributed by atoms with Crippen molar-refractivity contribution in [2.45, 2.75) is 24.7 Å². The summed E-state index contributed by atoms with van der Waals surface area (Å²) < 4.78 is 28.8. The number of sulfone groups is 1. The highest BCUT2D eigenvalue weighted by Gasteiger charge is 2.08. The van der Waals surface area contributed by atoms with Gasteiger partial charge in [0.15, 0.2) is 15.6 Å². The minimum absolute atomic E-state index is 0.192. The predicted molar refractivity (Wildman–Crippen MR) is 122 cm³/mol. The number of allylic oxidation sites excluding steroid dienone is 1. The molecule has 31 heavy (non-hydrogen) atoms. The van der Waals surface area contributed by atoms with E-state index in [4.69, 9.17) is 4.74 Å². The molecule has 0 radical (unpaired) electrons. The molecule has 0 unspecified atom stereocenters. The lowest BCUT2D eigenvalue weighted by atomic mass is 10.1. The van der Waals surface area contributed by atoms with E-state index in [1.54, 1.807) is 6.08 Å². The molecule has 0 bridgehead atoms. The van der Waals surface area contributed by atoms with Crippen molar-refractivity contribution in [3.63, 3.8) is 0 Å². The van der Waals surface area contributed by atoms with E-state index in [9.17, 15) is 13.2 Å². The Balaban J connectivity index is 1.52. The quantitative estimate of drug-likeness (QED) is 0.364. The Bertz CT molecular complexity index is 1150. The van der Waals surface area contributed by atoms with Crippen molar-refractivity contribution < 1.29 is 17.9 Å². The third-order valence-corrected chi connectivity index (χ3v) is 5.92. The van der Waals surface area contributed by atoms with E-state index in [0.29, 0.717) is 12.2 Å². The van der Waals surface area contributed by atoms with Gasteiger partial charge in [-0.15, -0.1) is 0 Å². The molecule has 2 aromatic carbocycles. The molecule has 1 aromatic heterocycles. The molecule has 0 fully saturated rings. The van der Waals surface area contributed by atoms with Crippen molar-refractivity contribution in [1.29, 1.82) is 0 Å². The van der Waals surface area contributed by atoms with Crippen LogP contribution in [0.4, 0.5) is 0 Å². The predicted octanol–water partition coefficient (Wildman–Crippen LogP) is 4.57. The SMILES string of the molecule is CCc1ccc(CCOc2ccc(/C=C\C(=O)c3ccc(S(C)(=O)=O)cc3)cc2)nc1. The summed E-state index contributed by atoms with van der Waals surface area (Å²) in [5.41, 5.74) is 3.52. The smallest absolute Gasteiger partial charge is 0.185 e. The first-order chi connectivity index (χ1) is 14.8. The molecule has 0 spiro atoms. The van der Waals surface area contributed by atoms with E-state index >= 15 is 0 Å². The van der Waals surface area contributed by atoms with Crippen LogP contribution in [-0.4, -0.2) is 32.0 Å². The topological polar surface area (TPSA) is 73.3 Å². The number of ketones is 1. The van der Waals surface area contributed by atoms with Crippen LogP contribution < -0.4 is 4.74 Å². The number of carbonyl (C=O) groups is 1. The van der Waals surface area contributed by atoms with Crippen LogP contribution in [0, 0.1) is 0 Å². The summed E-state index contributed by atoms with van der Waals surface area (Å²) >= 11 is 0. The number of aryl methyl sites for hydroxylation is 1. The normalized spacial score (nSPS) is 11.5. The number of ether oxygens (including phenoxy) is 1. The second kappa shape index (κ2) is 10.2. The zero-order valence-electron chi connectivity index (χ0n) is 17.6. The Morgan fingerprint density at radius 3 is 2.29 bits per heavy atom. The molecule has 5 nitrogen and oxygen atoms in total. The van der Waals surface area contributed by atoms with Crippen LogP contribution >= 0.6 is 0 Å². The average Bonchev–Trinajstić information content (AvgIpc) is 2.78. The van der Waals surface area contributed by atoms with E-state index in [1.807, 2.05) is 36.5 Å². The summed E-state index contributed by atoms with van der Waals surface area (Å²) in [6.45, 7) is 2.64. The summed E-state index contributed by atoms with van der Waals surface area (Å²) in [5, 5.41) is 0. The molecule has 0 N–H and O–H groups in total. The molecular weight excluding hydrogens is 410 g/mol. The fourth-order valence-electron chi connectivity index (χ4n) is 2.90. The van der Waals surface area contributed by atoms with Crippen LogP contribution in [0.25, 0.3) is 6.08 Å². The number of rotatable bonds is 9. The first kappa shape index (κ1) is 22.4. The molecule has 0 aliphatic rings. The number of carbonyl (C=O) groups excluding carboxylic acids is 1. The Morgan fingerprint density at radius 2 is 1.71 bits per heavy atom. The monoisotopic (exact) mass is 435 g/mol. The lowest BCUT2D eigenvalue weighted by molar-refractivity contribution is 0.104. The minimum atomic E-state index is -3.27. The molecule has 0 amide bonds. The number of aromatic nitrogens is 1. The van der Waals surface area contributed by atoms with Gasteiger partial charge in [0.2, 0.25) is 0 Å². The van der Waals surface area contributed by atoms with Gasteiger partial charge in [-0.1, -0.05) is 31.2 Å². The zero-order chi connectivity index (χ0) is 22.3. The molecule has 160 valence electrons. The van der Waals surface area contributed by atoms with Crippen LogP contribution in [0.3, 0.4) is 0 Å². The molecule has 3 rings (SSSR count). The Morgan fingerprint density at radius 1 is 1.00 bits per heavy atom. The van der Waals surface area contributed by atoms with E-state index in [2.05, 4.69) is 18.0 Å². The standard InChI is InChI=1S/C25H25NO4S/c1-3-19-4-10-22(26-18-19)16-17-30-23-11-5-20(6-12-23)7-15-25(27)21-8-13-24(14-9-21)31(2,28)29/h4-15,18H,3,16-17H2,1-2H3/b15-7-. The van der Waals surface area contributed by atoms with Crippen molar-refractivity contribution in [2.24, 2.45) is 0 Å². The lowest BCUT2D eigenvalue weighted by Crippen LogP contribution is -2.03. The van der Waals surface area contributed by atoms with Gasteiger partial charge in [0.25, 0.3) is 0 Å². The summed E-state index contributed by atoms with van der Waals surface area (Å²) in [4.78, 5) is 16.9. The summed E-state index contributed by atoms with van der Waals surface area (Å²) in [7, 11) is -3.27.